The summed E-state index contributed by atoms with van der Waals surface area (Å²) in [5.41, 5.74) is 4.35. The number of nitrogens with one attached hydrogen (secondary N) is 1. The maximum Gasteiger partial charge on any atom is 0.262 e. The van der Waals surface area contributed by atoms with Crippen LogP contribution in [0.3, 0.4) is 0 Å². The van der Waals surface area contributed by atoms with Crippen LogP contribution in [-0.4, -0.2) is 125 Å². The van der Waals surface area contributed by atoms with Crippen molar-refractivity contribution in [3.63, 3.8) is 0 Å². The minimum absolute atomic E-state index is 0.0981. The van der Waals surface area contributed by atoms with E-state index >= 15 is 0 Å². The first-order chi connectivity index (χ1) is 27.1. The quantitative estimate of drug-likeness (QED) is 0.351. The molecular formula is C41H45ClN10O4. The lowest BCUT2D eigenvalue weighted by molar-refractivity contribution is -0.136. The van der Waals surface area contributed by atoms with E-state index in [-0.39, 0.29) is 24.2 Å². The molecular weight excluding hydrogens is 732 g/mol. The zero-order chi connectivity index (χ0) is 38.7. The Hall–Kier alpha value is -5.10. The summed E-state index contributed by atoms with van der Waals surface area (Å²) in [4.78, 5) is 73.1. The molecule has 6 aliphatic rings. The van der Waals surface area contributed by atoms with Gasteiger partial charge in [-0.15, -0.1) is 0 Å². The van der Waals surface area contributed by atoms with E-state index in [4.69, 9.17) is 21.6 Å². The van der Waals surface area contributed by atoms with Crippen molar-refractivity contribution in [3.8, 4) is 6.07 Å². The molecule has 0 bridgehead atoms. The number of hydrogen-bond donors (Lipinski definition) is 1. The molecule has 1 aromatic heterocycles. The van der Waals surface area contributed by atoms with Gasteiger partial charge in [0.2, 0.25) is 11.8 Å². The molecule has 1 spiro atoms. The van der Waals surface area contributed by atoms with Crippen LogP contribution in [0.1, 0.15) is 71.0 Å². The lowest BCUT2D eigenvalue weighted by Crippen LogP contribution is -2.63. The molecule has 1 unspecified atom stereocenters. The van der Waals surface area contributed by atoms with Crippen molar-refractivity contribution in [1.82, 2.24) is 30.0 Å². The highest BCUT2D eigenvalue weighted by Crippen LogP contribution is 2.46. The molecule has 2 atom stereocenters. The largest absolute Gasteiger partial charge is 0.368 e. The number of carbonyl (C=O) groups excluding carboxylic acids is 4. The van der Waals surface area contributed by atoms with E-state index in [1.807, 2.05) is 36.7 Å². The number of hydrogen-bond acceptors (Lipinski definition) is 12. The van der Waals surface area contributed by atoms with Gasteiger partial charge in [0.05, 0.1) is 39.8 Å². The summed E-state index contributed by atoms with van der Waals surface area (Å²) in [5, 5.41) is 12.0. The smallest absolute Gasteiger partial charge is 0.262 e. The zero-order valence-corrected chi connectivity index (χ0v) is 32.2. The molecule has 0 saturated carbocycles. The zero-order valence-electron chi connectivity index (χ0n) is 31.5. The fraction of sp³-hybridized carbons (Fsp3) is 0.488. The predicted molar refractivity (Wildman–Crippen MR) is 209 cm³/mol. The molecule has 4 amide bonds. The first kappa shape index (κ1) is 36.5. The predicted octanol–water partition coefficient (Wildman–Crippen LogP) is 3.29. The lowest BCUT2D eigenvalue weighted by Gasteiger charge is -2.49. The van der Waals surface area contributed by atoms with Gasteiger partial charge in [-0.1, -0.05) is 11.6 Å². The maximum absolute atomic E-state index is 13.3. The summed E-state index contributed by atoms with van der Waals surface area (Å²) in [5.74, 6) is -1.01. The Balaban J connectivity index is 0.725. The second-order valence-electron chi connectivity index (χ2n) is 16.4. The normalized spacial score (nSPS) is 24.4. The highest BCUT2D eigenvalue weighted by atomic mass is 35.5. The van der Waals surface area contributed by atoms with Gasteiger partial charge in [-0.05, 0) is 74.4 Å². The molecule has 5 saturated heterocycles. The number of carbonyl (C=O) groups is 4. The minimum Gasteiger partial charge on any atom is -0.368 e. The summed E-state index contributed by atoms with van der Waals surface area (Å²) in [6, 6.07) is 13.1. The molecule has 290 valence electrons. The van der Waals surface area contributed by atoms with Crippen LogP contribution in [-0.2, 0) is 16.1 Å². The van der Waals surface area contributed by atoms with Crippen molar-refractivity contribution < 1.29 is 19.2 Å². The molecule has 6 aliphatic heterocycles. The molecule has 9 rings (SSSR count). The van der Waals surface area contributed by atoms with Crippen LogP contribution in [0.15, 0.2) is 48.8 Å². The topological polar surface area (TPSA) is 149 Å². The van der Waals surface area contributed by atoms with Crippen molar-refractivity contribution in [3.05, 3.63) is 76.2 Å². The van der Waals surface area contributed by atoms with Gasteiger partial charge in [-0.3, -0.25) is 44.2 Å². The second-order valence-corrected chi connectivity index (χ2v) is 16.8. The third-order valence-electron chi connectivity index (χ3n) is 13.0. The second kappa shape index (κ2) is 14.4. The Morgan fingerprint density at radius 2 is 1.64 bits per heavy atom. The summed E-state index contributed by atoms with van der Waals surface area (Å²) in [6.45, 7) is 11.5. The number of nitrogens with zero attached hydrogens (tertiary/aromatic N) is 9. The van der Waals surface area contributed by atoms with Crippen molar-refractivity contribution in [2.24, 2.45) is 5.41 Å². The lowest BCUT2D eigenvalue weighted by atomic mass is 9.77. The number of rotatable bonds is 7. The number of piperazine rings is 1. The fourth-order valence-corrected chi connectivity index (χ4v) is 9.89. The van der Waals surface area contributed by atoms with E-state index in [9.17, 15) is 24.4 Å². The van der Waals surface area contributed by atoms with E-state index in [0.717, 1.165) is 112 Å². The number of aromatic nitrogens is 2. The standard InChI is InChI=1S/C41H45ClN10O4/c1-26-18-41(25-51(26)30-3-2-27(19-43)34(42)17-30)8-10-49(11-9-41)36-21-44-28(20-45-36)22-47-12-14-48(15-13-47)31-23-50(24-31)29-4-5-32-33(16-29)40(56)52(39(32)55)35-6-7-37(53)46-38(35)54/h2-5,16-17,20-21,26,31,35H,6-15,18,22-25H2,1H3,(H,46,53,54)/t26-,35?/m0/s1. The van der Waals surface area contributed by atoms with Crippen LogP contribution in [0.25, 0.3) is 0 Å². The number of anilines is 3. The van der Waals surface area contributed by atoms with Crippen LogP contribution in [0.4, 0.5) is 17.2 Å². The average Bonchev–Trinajstić information content (AvgIpc) is 3.63. The van der Waals surface area contributed by atoms with Gasteiger partial charge in [0, 0.05) is 95.3 Å². The third-order valence-corrected chi connectivity index (χ3v) is 13.3. The van der Waals surface area contributed by atoms with Crippen molar-refractivity contribution in [2.75, 3.05) is 73.6 Å². The van der Waals surface area contributed by atoms with Gasteiger partial charge >= 0.3 is 0 Å². The minimum atomic E-state index is -0.964. The van der Waals surface area contributed by atoms with Crippen LogP contribution in [0, 0.1) is 16.7 Å². The number of amides is 4. The van der Waals surface area contributed by atoms with Gasteiger partial charge in [-0.2, -0.15) is 5.26 Å². The van der Waals surface area contributed by atoms with Gasteiger partial charge in [0.25, 0.3) is 11.8 Å². The molecule has 0 aliphatic carbocycles. The molecule has 2 aromatic carbocycles. The highest BCUT2D eigenvalue weighted by Gasteiger charge is 2.46. The maximum atomic E-state index is 13.3. The van der Waals surface area contributed by atoms with E-state index in [1.165, 1.54) is 0 Å². The van der Waals surface area contributed by atoms with E-state index in [0.29, 0.717) is 33.8 Å². The number of piperidine rings is 2. The van der Waals surface area contributed by atoms with Gasteiger partial charge < -0.3 is 14.7 Å². The molecule has 14 nitrogen and oxygen atoms in total. The summed E-state index contributed by atoms with van der Waals surface area (Å²) in [7, 11) is 0. The van der Waals surface area contributed by atoms with Crippen LogP contribution >= 0.6 is 11.6 Å². The van der Waals surface area contributed by atoms with Gasteiger partial charge in [0.15, 0.2) is 0 Å². The average molecular weight is 777 g/mol. The number of benzene rings is 2. The highest BCUT2D eigenvalue weighted by molar-refractivity contribution is 6.32. The van der Waals surface area contributed by atoms with Crippen LogP contribution in [0.5, 0.6) is 0 Å². The Kier molecular flexibility index (Phi) is 9.42. The monoisotopic (exact) mass is 776 g/mol. The molecule has 1 N–H and O–H groups in total. The van der Waals surface area contributed by atoms with Crippen LogP contribution in [0.2, 0.25) is 5.02 Å². The molecule has 56 heavy (non-hydrogen) atoms. The van der Waals surface area contributed by atoms with Crippen molar-refractivity contribution in [1.29, 1.82) is 5.26 Å². The van der Waals surface area contributed by atoms with E-state index in [1.54, 1.807) is 12.1 Å². The summed E-state index contributed by atoms with van der Waals surface area (Å²) < 4.78 is 0. The fourth-order valence-electron chi connectivity index (χ4n) is 9.67. The van der Waals surface area contributed by atoms with Gasteiger partial charge in [0.1, 0.15) is 17.9 Å². The Labute approximate surface area is 331 Å². The molecule has 15 heteroatoms. The van der Waals surface area contributed by atoms with E-state index in [2.05, 4.69) is 42.8 Å². The SMILES string of the molecule is C[C@H]1CC2(CCN(c3cnc(CN4CCN(C5CN(c6ccc7c(c6)C(=O)N(C6CCC(=O)NC6=O)C7=O)C5)CC4)cn3)CC2)CN1c1ccc(C#N)c(Cl)c1. The molecule has 7 heterocycles. The number of halogens is 1. The van der Waals surface area contributed by atoms with Crippen LogP contribution < -0.4 is 20.0 Å². The number of nitriles is 1. The number of imide groups is 2. The molecule has 0 radical (unpaired) electrons. The first-order valence-electron chi connectivity index (χ1n) is 19.7. The van der Waals surface area contributed by atoms with Crippen molar-refractivity contribution >= 4 is 52.4 Å². The third kappa shape index (κ3) is 6.65. The first-order valence-corrected chi connectivity index (χ1v) is 20.0. The van der Waals surface area contributed by atoms with Gasteiger partial charge in [-0.25, -0.2) is 4.98 Å². The summed E-state index contributed by atoms with van der Waals surface area (Å²) >= 11 is 6.37. The molecule has 5 fully saturated rings. The Bertz CT molecular complexity index is 2120. The Morgan fingerprint density at radius 1 is 0.893 bits per heavy atom. The molecule has 3 aromatic rings. The summed E-state index contributed by atoms with van der Waals surface area (Å²) in [6.07, 6.45) is 7.45. The van der Waals surface area contributed by atoms with Crippen molar-refractivity contribution in [2.45, 2.75) is 63.7 Å². The number of fused-ring (bicyclic) bond motifs is 1. The Morgan fingerprint density at radius 3 is 2.34 bits per heavy atom. The van der Waals surface area contributed by atoms with E-state index < -0.39 is 23.8 Å².